The van der Waals surface area contributed by atoms with Gasteiger partial charge in [0.25, 0.3) is 0 Å². The lowest BCUT2D eigenvalue weighted by Crippen LogP contribution is -2.38. The van der Waals surface area contributed by atoms with Crippen LogP contribution in [-0.4, -0.2) is 47.4 Å². The molecule has 8 heteroatoms. The summed E-state index contributed by atoms with van der Waals surface area (Å²) < 4.78 is 2.07. The van der Waals surface area contributed by atoms with Gasteiger partial charge in [0.15, 0.2) is 5.96 Å². The van der Waals surface area contributed by atoms with Crippen LogP contribution in [0.4, 0.5) is 5.69 Å². The molecule has 1 aromatic heterocycles. The second-order valence-corrected chi connectivity index (χ2v) is 7.72. The number of benzene rings is 1. The highest BCUT2D eigenvalue weighted by molar-refractivity contribution is 14.0. The second kappa shape index (κ2) is 12.8. The number of hydrogen-bond acceptors (Lipinski definition) is 4. The molecule has 0 unspecified atom stereocenters. The molecule has 3 rings (SSSR count). The second-order valence-electron chi connectivity index (χ2n) is 7.72. The van der Waals surface area contributed by atoms with Gasteiger partial charge in [0.1, 0.15) is 12.2 Å². The molecule has 0 spiro atoms. The number of rotatable bonds is 8. The van der Waals surface area contributed by atoms with Crippen LogP contribution in [0.1, 0.15) is 50.4 Å². The fourth-order valence-electron chi connectivity index (χ4n) is 3.97. The maximum atomic E-state index is 4.32. The van der Waals surface area contributed by atoms with Gasteiger partial charge in [-0.15, -0.1) is 34.2 Å². The lowest BCUT2D eigenvalue weighted by Gasteiger charge is -2.33. The summed E-state index contributed by atoms with van der Waals surface area (Å²) in [5.74, 6) is 1.81. The quantitative estimate of drug-likeness (QED) is 0.313. The van der Waals surface area contributed by atoms with Crippen LogP contribution in [0.5, 0.6) is 0 Å². The van der Waals surface area contributed by atoms with Gasteiger partial charge < -0.3 is 20.1 Å². The first kappa shape index (κ1) is 24.4. The van der Waals surface area contributed by atoms with E-state index in [0.717, 1.165) is 37.8 Å². The Kier molecular flexibility index (Phi) is 10.4. The first-order chi connectivity index (χ1) is 14.2. The smallest absolute Gasteiger partial charge is 0.191 e. The highest BCUT2D eigenvalue weighted by atomic mass is 127. The minimum atomic E-state index is 0. The predicted molar refractivity (Wildman–Crippen MR) is 135 cm³/mol. The average molecular weight is 525 g/mol. The normalized spacial score (nSPS) is 14.8. The van der Waals surface area contributed by atoms with Gasteiger partial charge in [-0.2, -0.15) is 0 Å². The fourth-order valence-corrected chi connectivity index (χ4v) is 3.97. The van der Waals surface area contributed by atoms with Crippen LogP contribution in [0, 0.1) is 0 Å². The number of nitrogens with zero attached hydrogens (tertiary/aromatic N) is 5. The summed E-state index contributed by atoms with van der Waals surface area (Å²) in [7, 11) is 4.03. The molecule has 7 nitrogen and oxygen atoms in total. The van der Waals surface area contributed by atoms with E-state index in [1.807, 2.05) is 0 Å². The van der Waals surface area contributed by atoms with Crippen LogP contribution in [0.25, 0.3) is 0 Å². The van der Waals surface area contributed by atoms with Gasteiger partial charge in [0.2, 0.25) is 0 Å². The minimum absolute atomic E-state index is 0. The van der Waals surface area contributed by atoms with E-state index < -0.39 is 0 Å². The standard InChI is InChI=1S/C22H35N7.HI/c1-4-21-27-26-17-29(21)15-14-24-22(23-2)25-16-18-10-12-20(13-11-18)28(3)19-8-6-5-7-9-19;/h10-13,17,19H,4-9,14-16H2,1-3H3,(H2,23,24,25);1H. The fraction of sp³-hybridized carbons (Fsp3) is 0.591. The van der Waals surface area contributed by atoms with Crippen LogP contribution in [0.3, 0.4) is 0 Å². The Morgan fingerprint density at radius 2 is 1.90 bits per heavy atom. The van der Waals surface area contributed by atoms with Crippen molar-refractivity contribution in [2.24, 2.45) is 4.99 Å². The summed E-state index contributed by atoms with van der Waals surface area (Å²) in [4.78, 5) is 6.77. The molecule has 30 heavy (non-hydrogen) atoms. The van der Waals surface area contributed by atoms with Gasteiger partial charge in [-0.3, -0.25) is 4.99 Å². The third-order valence-electron chi connectivity index (χ3n) is 5.81. The lowest BCUT2D eigenvalue weighted by molar-refractivity contribution is 0.427. The highest BCUT2D eigenvalue weighted by Gasteiger charge is 2.18. The molecule has 0 aliphatic heterocycles. The van der Waals surface area contributed by atoms with Crippen molar-refractivity contribution in [3.05, 3.63) is 42.0 Å². The van der Waals surface area contributed by atoms with E-state index in [2.05, 4.69) is 73.5 Å². The summed E-state index contributed by atoms with van der Waals surface area (Å²) in [6, 6.07) is 9.58. The maximum Gasteiger partial charge on any atom is 0.191 e. The van der Waals surface area contributed by atoms with E-state index in [1.165, 1.54) is 43.4 Å². The molecular weight excluding hydrogens is 489 g/mol. The number of guanidine groups is 1. The van der Waals surface area contributed by atoms with Crippen molar-refractivity contribution in [3.8, 4) is 0 Å². The molecule has 2 aromatic rings. The first-order valence-electron chi connectivity index (χ1n) is 10.8. The van der Waals surface area contributed by atoms with Crippen molar-refractivity contribution in [2.75, 3.05) is 25.5 Å². The number of nitrogens with one attached hydrogen (secondary N) is 2. The summed E-state index contributed by atoms with van der Waals surface area (Å²) in [6.07, 6.45) is 9.42. The van der Waals surface area contributed by atoms with Crippen molar-refractivity contribution in [1.82, 2.24) is 25.4 Å². The van der Waals surface area contributed by atoms with Crippen LogP contribution in [-0.2, 0) is 19.5 Å². The van der Waals surface area contributed by atoms with Crippen molar-refractivity contribution >= 4 is 35.6 Å². The van der Waals surface area contributed by atoms with Crippen LogP contribution >= 0.6 is 24.0 Å². The molecule has 0 atom stereocenters. The molecule has 1 heterocycles. The Morgan fingerprint density at radius 1 is 1.17 bits per heavy atom. The monoisotopic (exact) mass is 525 g/mol. The molecule has 1 saturated carbocycles. The van der Waals surface area contributed by atoms with E-state index in [9.17, 15) is 0 Å². The molecule has 1 aliphatic rings. The molecule has 1 aromatic carbocycles. The number of anilines is 1. The van der Waals surface area contributed by atoms with E-state index in [4.69, 9.17) is 0 Å². The minimum Gasteiger partial charge on any atom is -0.372 e. The molecule has 2 N–H and O–H groups in total. The lowest BCUT2D eigenvalue weighted by atomic mass is 9.94. The van der Waals surface area contributed by atoms with E-state index in [1.54, 1.807) is 13.4 Å². The highest BCUT2D eigenvalue weighted by Crippen LogP contribution is 2.26. The Labute approximate surface area is 197 Å². The summed E-state index contributed by atoms with van der Waals surface area (Å²) in [5.41, 5.74) is 2.56. The molecule has 1 fully saturated rings. The predicted octanol–water partition coefficient (Wildman–Crippen LogP) is 3.59. The van der Waals surface area contributed by atoms with Crippen LogP contribution < -0.4 is 15.5 Å². The zero-order valence-corrected chi connectivity index (χ0v) is 20.8. The first-order valence-corrected chi connectivity index (χ1v) is 10.8. The van der Waals surface area contributed by atoms with E-state index >= 15 is 0 Å². The Morgan fingerprint density at radius 3 is 2.57 bits per heavy atom. The third kappa shape index (κ3) is 6.85. The largest absolute Gasteiger partial charge is 0.372 e. The Hall–Kier alpha value is -1.84. The Bertz CT molecular complexity index is 766. The number of hydrogen-bond donors (Lipinski definition) is 2. The van der Waals surface area contributed by atoms with Crippen molar-refractivity contribution in [1.29, 1.82) is 0 Å². The third-order valence-corrected chi connectivity index (χ3v) is 5.81. The summed E-state index contributed by atoms with van der Waals surface area (Å²) in [6.45, 7) is 4.43. The van der Waals surface area contributed by atoms with Crippen molar-refractivity contribution in [2.45, 2.75) is 64.6 Å². The Balaban J connectivity index is 0.00000320. The van der Waals surface area contributed by atoms with Gasteiger partial charge >= 0.3 is 0 Å². The summed E-state index contributed by atoms with van der Waals surface area (Å²) >= 11 is 0. The molecular formula is C22H36IN7. The molecule has 0 bridgehead atoms. The van der Waals surface area contributed by atoms with Gasteiger partial charge in [0, 0.05) is 51.9 Å². The molecule has 166 valence electrons. The number of aromatic nitrogens is 3. The number of aliphatic imine (C=N–C) groups is 1. The molecule has 0 saturated heterocycles. The van der Waals surface area contributed by atoms with Crippen molar-refractivity contribution < 1.29 is 0 Å². The molecule has 0 radical (unpaired) electrons. The van der Waals surface area contributed by atoms with Crippen molar-refractivity contribution in [3.63, 3.8) is 0 Å². The zero-order valence-electron chi connectivity index (χ0n) is 18.5. The van der Waals surface area contributed by atoms with Crippen LogP contribution in [0.15, 0.2) is 35.6 Å². The van der Waals surface area contributed by atoms with Gasteiger partial charge in [-0.1, -0.05) is 38.3 Å². The van der Waals surface area contributed by atoms with Gasteiger partial charge in [-0.05, 0) is 30.5 Å². The topological polar surface area (TPSA) is 70.4 Å². The summed E-state index contributed by atoms with van der Waals surface area (Å²) in [5, 5.41) is 14.8. The average Bonchev–Trinajstić information content (AvgIpc) is 3.24. The maximum absolute atomic E-state index is 4.32. The van der Waals surface area contributed by atoms with E-state index in [0.29, 0.717) is 6.04 Å². The molecule has 1 aliphatic carbocycles. The zero-order chi connectivity index (χ0) is 20.5. The van der Waals surface area contributed by atoms with Crippen LogP contribution in [0.2, 0.25) is 0 Å². The molecule has 0 amide bonds. The number of aryl methyl sites for hydroxylation is 1. The SMILES string of the molecule is CCc1nncn1CCNC(=NC)NCc1ccc(N(C)C2CCCCC2)cc1.I. The number of halogens is 1. The van der Waals surface area contributed by atoms with E-state index in [-0.39, 0.29) is 24.0 Å². The van der Waals surface area contributed by atoms with Gasteiger partial charge in [0.05, 0.1) is 0 Å². The van der Waals surface area contributed by atoms with Gasteiger partial charge in [-0.25, -0.2) is 0 Å².